The zero-order valence-electron chi connectivity index (χ0n) is 17.7. The fourth-order valence-corrected chi connectivity index (χ4v) is 4.14. The van der Waals surface area contributed by atoms with Crippen LogP contribution < -0.4 is 15.8 Å². The zero-order valence-corrected chi connectivity index (χ0v) is 18.5. The van der Waals surface area contributed by atoms with Crippen LogP contribution in [0.4, 0.5) is 19.0 Å². The lowest BCUT2D eigenvalue weighted by molar-refractivity contribution is -0.137. The molecule has 0 saturated heterocycles. The summed E-state index contributed by atoms with van der Waals surface area (Å²) in [5.41, 5.74) is 4.88. The normalized spacial score (nSPS) is 13.3. The van der Waals surface area contributed by atoms with Crippen LogP contribution in [0.2, 0.25) is 0 Å². The highest BCUT2D eigenvalue weighted by atomic mass is 32.2. The molecule has 0 spiro atoms. The van der Waals surface area contributed by atoms with Crippen molar-refractivity contribution in [3.63, 3.8) is 0 Å². The summed E-state index contributed by atoms with van der Waals surface area (Å²) < 4.78 is 66.2. The number of nitrogens with two attached hydrogens (primary N) is 1. The van der Waals surface area contributed by atoms with Crippen LogP contribution >= 0.6 is 0 Å². The Bertz CT molecular complexity index is 1280. The largest absolute Gasteiger partial charge is 0.416 e. The summed E-state index contributed by atoms with van der Waals surface area (Å²) in [7, 11) is -4.28. The van der Waals surface area contributed by atoms with E-state index in [2.05, 4.69) is 20.0 Å². The van der Waals surface area contributed by atoms with Crippen molar-refractivity contribution in [2.75, 3.05) is 5.32 Å². The summed E-state index contributed by atoms with van der Waals surface area (Å²) in [6, 6.07) is 9.56. The Morgan fingerprint density at radius 2 is 1.79 bits per heavy atom. The lowest BCUT2D eigenvalue weighted by atomic mass is 10.0. The van der Waals surface area contributed by atoms with Gasteiger partial charge in [-0.3, -0.25) is 4.79 Å². The van der Waals surface area contributed by atoms with Crippen LogP contribution in [0.15, 0.2) is 53.4 Å². The SMILES string of the molecule is CC(C)[C@H](Nc1nc(CNS(=O)(=O)c2cccc(C(F)(F)F)c2)nc2ccccc12)C(N)=O. The van der Waals surface area contributed by atoms with Gasteiger partial charge in [0.1, 0.15) is 17.7 Å². The number of para-hydroxylation sites is 1. The van der Waals surface area contributed by atoms with Crippen molar-refractivity contribution in [1.29, 1.82) is 0 Å². The highest BCUT2D eigenvalue weighted by Crippen LogP contribution is 2.30. The molecular weight excluding hydrogens is 459 g/mol. The molecule has 0 aliphatic heterocycles. The maximum Gasteiger partial charge on any atom is 0.416 e. The number of nitrogens with zero attached hydrogens (tertiary/aromatic N) is 2. The minimum absolute atomic E-state index is 0.0544. The summed E-state index contributed by atoms with van der Waals surface area (Å²) in [6.07, 6.45) is -4.68. The standard InChI is InChI=1S/C21H22F3N5O3S/c1-12(2)18(19(25)30)29-20-15-8-3-4-9-16(15)27-17(28-20)11-26-33(31,32)14-7-5-6-13(10-14)21(22,23)24/h3-10,12,18,26H,11H2,1-2H3,(H2,25,30)(H,27,28,29)/t18-/m0/s1. The molecule has 1 atom stereocenters. The van der Waals surface area contributed by atoms with E-state index in [0.717, 1.165) is 18.2 Å². The number of amides is 1. The van der Waals surface area contributed by atoms with Crippen molar-refractivity contribution in [3.05, 3.63) is 59.9 Å². The number of hydrogen-bond donors (Lipinski definition) is 3. The van der Waals surface area contributed by atoms with Gasteiger partial charge >= 0.3 is 6.18 Å². The number of carbonyl (C=O) groups is 1. The Labute approximate surface area is 188 Å². The van der Waals surface area contributed by atoms with Crippen LogP contribution in [0.3, 0.4) is 0 Å². The lowest BCUT2D eigenvalue weighted by Gasteiger charge is -2.21. The lowest BCUT2D eigenvalue weighted by Crippen LogP contribution is -2.40. The molecule has 0 fully saturated rings. The molecule has 0 radical (unpaired) electrons. The van der Waals surface area contributed by atoms with Gasteiger partial charge < -0.3 is 11.1 Å². The predicted molar refractivity (Wildman–Crippen MR) is 116 cm³/mol. The Morgan fingerprint density at radius 3 is 2.42 bits per heavy atom. The molecule has 1 aromatic heterocycles. The third-order valence-corrected chi connectivity index (χ3v) is 6.21. The topological polar surface area (TPSA) is 127 Å². The molecule has 3 rings (SSSR count). The van der Waals surface area contributed by atoms with Gasteiger partial charge in [-0.05, 0) is 36.2 Å². The number of benzene rings is 2. The molecule has 0 aliphatic carbocycles. The molecule has 0 unspecified atom stereocenters. The number of carbonyl (C=O) groups excluding carboxylic acids is 1. The van der Waals surface area contributed by atoms with Crippen LogP contribution in [-0.2, 0) is 27.5 Å². The number of sulfonamides is 1. The van der Waals surface area contributed by atoms with Gasteiger partial charge in [-0.15, -0.1) is 0 Å². The Morgan fingerprint density at radius 1 is 1.09 bits per heavy atom. The number of alkyl halides is 3. The van der Waals surface area contributed by atoms with Gasteiger partial charge in [-0.2, -0.15) is 13.2 Å². The van der Waals surface area contributed by atoms with Crippen molar-refractivity contribution in [2.45, 2.75) is 37.5 Å². The first kappa shape index (κ1) is 24.4. The first-order valence-corrected chi connectivity index (χ1v) is 11.4. The van der Waals surface area contributed by atoms with Crippen molar-refractivity contribution in [1.82, 2.24) is 14.7 Å². The second-order valence-corrected chi connectivity index (χ2v) is 9.39. The number of fused-ring (bicyclic) bond motifs is 1. The Kier molecular flexibility index (Phi) is 6.89. The average Bonchev–Trinajstić information content (AvgIpc) is 2.75. The van der Waals surface area contributed by atoms with Crippen LogP contribution in [0.5, 0.6) is 0 Å². The van der Waals surface area contributed by atoms with Gasteiger partial charge in [0, 0.05) is 5.39 Å². The number of rotatable bonds is 8. The van der Waals surface area contributed by atoms with Crippen molar-refractivity contribution in [2.24, 2.45) is 11.7 Å². The number of hydrogen-bond acceptors (Lipinski definition) is 6. The molecule has 1 amide bonds. The number of anilines is 1. The molecule has 1 heterocycles. The van der Waals surface area contributed by atoms with Gasteiger partial charge in [0.15, 0.2) is 0 Å². The second-order valence-electron chi connectivity index (χ2n) is 7.62. The zero-order chi connectivity index (χ0) is 24.4. The molecule has 0 saturated carbocycles. The van der Waals surface area contributed by atoms with Crippen molar-refractivity contribution < 1.29 is 26.4 Å². The van der Waals surface area contributed by atoms with E-state index in [1.54, 1.807) is 38.1 Å². The fraction of sp³-hybridized carbons (Fsp3) is 0.286. The minimum atomic E-state index is -4.68. The van der Waals surface area contributed by atoms with E-state index in [-0.39, 0.29) is 24.1 Å². The summed E-state index contributed by atoms with van der Waals surface area (Å²) in [4.78, 5) is 19.9. The summed E-state index contributed by atoms with van der Waals surface area (Å²) in [5, 5.41) is 3.58. The number of nitrogens with one attached hydrogen (secondary N) is 2. The van der Waals surface area contributed by atoms with E-state index < -0.39 is 38.6 Å². The molecule has 176 valence electrons. The first-order valence-electron chi connectivity index (χ1n) is 9.87. The molecule has 4 N–H and O–H groups in total. The molecule has 2 aromatic carbocycles. The second kappa shape index (κ2) is 9.32. The van der Waals surface area contributed by atoms with Gasteiger partial charge in [0.25, 0.3) is 0 Å². The molecule has 3 aromatic rings. The quantitative estimate of drug-likeness (QED) is 0.454. The average molecular weight is 482 g/mol. The van der Waals surface area contributed by atoms with Crippen molar-refractivity contribution >= 4 is 32.7 Å². The molecule has 0 bridgehead atoms. The Hall–Kier alpha value is -3.25. The van der Waals surface area contributed by atoms with Gasteiger partial charge in [-0.1, -0.05) is 32.0 Å². The van der Waals surface area contributed by atoms with Crippen LogP contribution in [0.25, 0.3) is 10.9 Å². The van der Waals surface area contributed by atoms with Gasteiger partial charge in [0.05, 0.1) is 22.5 Å². The highest BCUT2D eigenvalue weighted by Gasteiger charge is 2.31. The molecule has 8 nitrogen and oxygen atoms in total. The molecule has 12 heteroatoms. The minimum Gasteiger partial charge on any atom is -0.368 e. The van der Waals surface area contributed by atoms with E-state index in [1.165, 1.54) is 0 Å². The van der Waals surface area contributed by atoms with Crippen LogP contribution in [-0.4, -0.2) is 30.3 Å². The summed E-state index contributed by atoms with van der Waals surface area (Å²) in [6.45, 7) is 3.22. The summed E-state index contributed by atoms with van der Waals surface area (Å²) in [5.74, 6) is -0.399. The molecular formula is C21H22F3N5O3S. The van der Waals surface area contributed by atoms with Crippen molar-refractivity contribution in [3.8, 4) is 0 Å². The smallest absolute Gasteiger partial charge is 0.368 e. The monoisotopic (exact) mass is 481 g/mol. The van der Waals surface area contributed by atoms with Crippen LogP contribution in [0.1, 0.15) is 25.2 Å². The third-order valence-electron chi connectivity index (χ3n) is 4.81. The highest BCUT2D eigenvalue weighted by molar-refractivity contribution is 7.89. The van der Waals surface area contributed by atoms with E-state index in [0.29, 0.717) is 17.0 Å². The first-order chi connectivity index (χ1) is 15.4. The van der Waals surface area contributed by atoms with Gasteiger partial charge in [0.2, 0.25) is 15.9 Å². The summed E-state index contributed by atoms with van der Waals surface area (Å²) >= 11 is 0. The van der Waals surface area contributed by atoms with E-state index in [4.69, 9.17) is 5.73 Å². The predicted octanol–water partition coefficient (Wildman–Crippen LogP) is 3.05. The third kappa shape index (κ3) is 5.76. The number of halogens is 3. The van der Waals surface area contributed by atoms with E-state index in [9.17, 15) is 26.4 Å². The molecule has 0 aliphatic rings. The molecule has 33 heavy (non-hydrogen) atoms. The number of primary amides is 1. The number of aromatic nitrogens is 2. The fourth-order valence-electron chi connectivity index (χ4n) is 3.11. The maximum atomic E-state index is 12.9. The maximum absolute atomic E-state index is 12.9. The van der Waals surface area contributed by atoms with Crippen LogP contribution in [0, 0.1) is 5.92 Å². The van der Waals surface area contributed by atoms with Gasteiger partial charge in [-0.25, -0.2) is 23.1 Å². The Balaban J connectivity index is 1.91. The van der Waals surface area contributed by atoms with E-state index in [1.807, 2.05) is 0 Å². The van der Waals surface area contributed by atoms with E-state index >= 15 is 0 Å².